The first-order chi connectivity index (χ1) is 13.9. The Morgan fingerprint density at radius 2 is 2.17 bits per heavy atom. The molecule has 0 atom stereocenters. The van der Waals surface area contributed by atoms with Crippen molar-refractivity contribution in [3.63, 3.8) is 0 Å². The molecule has 0 aliphatic heterocycles. The van der Waals surface area contributed by atoms with E-state index < -0.39 is 10.8 Å². The Morgan fingerprint density at radius 3 is 2.86 bits per heavy atom. The maximum absolute atomic E-state index is 12.3. The lowest BCUT2D eigenvalue weighted by molar-refractivity contribution is -0.384. The summed E-state index contributed by atoms with van der Waals surface area (Å²) in [6.07, 6.45) is 3.54. The summed E-state index contributed by atoms with van der Waals surface area (Å²) in [5.41, 5.74) is 3.65. The molecule has 3 aromatic rings. The maximum Gasteiger partial charge on any atom is 0.281 e. The molecule has 148 valence electrons. The van der Waals surface area contributed by atoms with E-state index in [0.717, 1.165) is 4.70 Å². The van der Waals surface area contributed by atoms with Crippen LogP contribution in [0.2, 0.25) is 0 Å². The molecule has 0 aliphatic rings. The highest BCUT2D eigenvalue weighted by Gasteiger charge is 2.13. The molecule has 2 aromatic carbocycles. The van der Waals surface area contributed by atoms with E-state index in [4.69, 9.17) is 4.74 Å². The summed E-state index contributed by atoms with van der Waals surface area (Å²) in [5.74, 6) is -0.0988. The van der Waals surface area contributed by atoms with Gasteiger partial charge in [-0.05, 0) is 36.2 Å². The van der Waals surface area contributed by atoms with E-state index >= 15 is 0 Å². The number of nitro benzene ring substituents is 1. The number of hydrogen-bond acceptors (Lipinski definition) is 7. The number of fused-ring (bicyclic) bond motifs is 1. The van der Waals surface area contributed by atoms with Crippen molar-refractivity contribution in [3.8, 4) is 11.5 Å². The number of aromatic hydroxyl groups is 1. The number of nitrogens with zero attached hydrogens (tertiary/aromatic N) is 2. The highest BCUT2D eigenvalue weighted by Crippen LogP contribution is 2.31. The van der Waals surface area contributed by atoms with Crippen LogP contribution in [0.15, 0.2) is 54.2 Å². The fourth-order valence-electron chi connectivity index (χ4n) is 2.71. The SMILES string of the molecule is C=CCc1cc(/C=N/NC(=O)c2cc3cc([N+](=O)[O-])ccc3s2)cc(OC)c1O. The van der Waals surface area contributed by atoms with Gasteiger partial charge in [-0.2, -0.15) is 5.10 Å². The molecule has 0 fully saturated rings. The Kier molecular flexibility index (Phi) is 5.89. The van der Waals surface area contributed by atoms with Crippen LogP contribution < -0.4 is 10.2 Å². The molecule has 0 bridgehead atoms. The van der Waals surface area contributed by atoms with Crippen molar-refractivity contribution in [3.05, 3.63) is 75.2 Å². The lowest BCUT2D eigenvalue weighted by atomic mass is 10.1. The highest BCUT2D eigenvalue weighted by atomic mass is 32.1. The van der Waals surface area contributed by atoms with E-state index in [0.29, 0.717) is 33.6 Å². The van der Waals surface area contributed by atoms with Gasteiger partial charge in [0.15, 0.2) is 11.5 Å². The van der Waals surface area contributed by atoms with Gasteiger partial charge in [0.2, 0.25) is 0 Å². The molecule has 0 spiro atoms. The second-order valence-electron chi connectivity index (χ2n) is 6.01. The van der Waals surface area contributed by atoms with E-state index in [1.54, 1.807) is 30.3 Å². The van der Waals surface area contributed by atoms with E-state index in [1.165, 1.54) is 36.8 Å². The molecule has 8 nitrogen and oxygen atoms in total. The molecule has 0 saturated heterocycles. The molecule has 0 saturated carbocycles. The molecule has 0 radical (unpaired) electrons. The van der Waals surface area contributed by atoms with Crippen LogP contribution in [0.4, 0.5) is 5.69 Å². The first-order valence-electron chi connectivity index (χ1n) is 8.45. The number of nitrogens with one attached hydrogen (secondary N) is 1. The summed E-state index contributed by atoms with van der Waals surface area (Å²) in [4.78, 5) is 23.1. The van der Waals surface area contributed by atoms with Crippen molar-refractivity contribution < 1.29 is 19.6 Å². The number of nitro groups is 1. The van der Waals surface area contributed by atoms with Crippen molar-refractivity contribution in [1.82, 2.24) is 5.43 Å². The molecular formula is C20H17N3O5S. The minimum absolute atomic E-state index is 0.0307. The zero-order chi connectivity index (χ0) is 21.0. The maximum atomic E-state index is 12.3. The van der Waals surface area contributed by atoms with Gasteiger partial charge in [0.25, 0.3) is 11.6 Å². The van der Waals surface area contributed by atoms with E-state index in [2.05, 4.69) is 17.1 Å². The number of allylic oxidation sites excluding steroid dienone is 1. The fraction of sp³-hybridized carbons (Fsp3) is 0.100. The predicted molar refractivity (Wildman–Crippen MR) is 112 cm³/mol. The zero-order valence-corrected chi connectivity index (χ0v) is 16.2. The Labute approximate surface area is 169 Å². The number of rotatable bonds is 7. The van der Waals surface area contributed by atoms with Gasteiger partial charge in [-0.25, -0.2) is 5.43 Å². The number of thiophene rings is 1. The average Bonchev–Trinajstić information content (AvgIpc) is 3.13. The Hall–Kier alpha value is -3.72. The van der Waals surface area contributed by atoms with Gasteiger partial charge >= 0.3 is 0 Å². The average molecular weight is 411 g/mol. The molecular weight excluding hydrogens is 394 g/mol. The van der Waals surface area contributed by atoms with E-state index in [-0.39, 0.29) is 11.4 Å². The molecule has 3 rings (SSSR count). The second-order valence-corrected chi connectivity index (χ2v) is 7.10. The molecule has 0 aliphatic carbocycles. The monoisotopic (exact) mass is 411 g/mol. The first kappa shape index (κ1) is 20.0. The van der Waals surface area contributed by atoms with Crippen molar-refractivity contribution in [2.75, 3.05) is 7.11 Å². The molecule has 29 heavy (non-hydrogen) atoms. The lowest BCUT2D eigenvalue weighted by Gasteiger charge is -2.09. The molecule has 1 aromatic heterocycles. The molecule has 0 unspecified atom stereocenters. The summed E-state index contributed by atoms with van der Waals surface area (Å²) < 4.78 is 5.92. The third-order valence-corrected chi connectivity index (χ3v) is 5.19. The summed E-state index contributed by atoms with van der Waals surface area (Å²) in [6.45, 7) is 3.66. The van der Waals surface area contributed by atoms with Gasteiger partial charge in [-0.3, -0.25) is 14.9 Å². The van der Waals surface area contributed by atoms with Gasteiger partial charge in [-0.15, -0.1) is 17.9 Å². The number of benzene rings is 2. The number of carbonyl (C=O) groups is 1. The van der Waals surface area contributed by atoms with Crippen LogP contribution in [0.3, 0.4) is 0 Å². The van der Waals surface area contributed by atoms with Gasteiger partial charge in [-0.1, -0.05) is 6.08 Å². The summed E-state index contributed by atoms with van der Waals surface area (Å²) >= 11 is 1.22. The van der Waals surface area contributed by atoms with Crippen molar-refractivity contribution >= 4 is 39.2 Å². The molecule has 9 heteroatoms. The number of amides is 1. The van der Waals surface area contributed by atoms with E-state index in [9.17, 15) is 20.0 Å². The summed E-state index contributed by atoms with van der Waals surface area (Å²) in [6, 6.07) is 9.34. The summed E-state index contributed by atoms with van der Waals surface area (Å²) in [5, 5.41) is 25.5. The quantitative estimate of drug-likeness (QED) is 0.264. The molecule has 1 heterocycles. The Bertz CT molecular complexity index is 1140. The third-order valence-electron chi connectivity index (χ3n) is 4.07. The lowest BCUT2D eigenvalue weighted by Crippen LogP contribution is -2.16. The van der Waals surface area contributed by atoms with Gasteiger partial charge in [0, 0.05) is 27.8 Å². The van der Waals surface area contributed by atoms with Crippen LogP contribution >= 0.6 is 11.3 Å². The number of non-ortho nitro benzene ring substituents is 1. The first-order valence-corrected chi connectivity index (χ1v) is 9.26. The number of ether oxygens (including phenoxy) is 1. The number of hydrazone groups is 1. The molecule has 2 N–H and O–H groups in total. The van der Waals surface area contributed by atoms with Crippen LogP contribution in [0, 0.1) is 10.1 Å². The van der Waals surface area contributed by atoms with Crippen LogP contribution in [-0.2, 0) is 6.42 Å². The molecule has 1 amide bonds. The highest BCUT2D eigenvalue weighted by molar-refractivity contribution is 7.20. The van der Waals surface area contributed by atoms with Gasteiger partial charge in [0.1, 0.15) is 0 Å². The minimum atomic E-state index is -0.478. The van der Waals surface area contributed by atoms with Crippen LogP contribution in [-0.4, -0.2) is 29.3 Å². The number of hydrogen-bond donors (Lipinski definition) is 2. The van der Waals surface area contributed by atoms with Crippen LogP contribution in [0.5, 0.6) is 11.5 Å². The number of carbonyl (C=O) groups excluding carboxylic acids is 1. The van der Waals surface area contributed by atoms with Gasteiger partial charge < -0.3 is 9.84 Å². The standard InChI is InChI=1S/C20H17N3O5S/c1-3-4-13-7-12(8-16(28-2)19(13)24)11-21-22-20(25)18-10-14-9-15(23(26)27)5-6-17(14)29-18/h3,5-11,24H,1,4H2,2H3,(H,22,25)/b21-11+. The second kappa shape index (κ2) is 8.53. The third kappa shape index (κ3) is 4.41. The van der Waals surface area contributed by atoms with Crippen molar-refractivity contribution in [2.45, 2.75) is 6.42 Å². The zero-order valence-electron chi connectivity index (χ0n) is 15.4. The predicted octanol–water partition coefficient (Wildman–Crippen LogP) is 4.02. The Balaban J connectivity index is 1.77. The van der Waals surface area contributed by atoms with Crippen molar-refractivity contribution in [2.24, 2.45) is 5.10 Å². The van der Waals surface area contributed by atoms with Crippen LogP contribution in [0.25, 0.3) is 10.1 Å². The van der Waals surface area contributed by atoms with Gasteiger partial charge in [0.05, 0.1) is 23.1 Å². The number of phenolic OH excluding ortho intramolecular Hbond substituents is 1. The fourth-order valence-corrected chi connectivity index (χ4v) is 3.64. The smallest absolute Gasteiger partial charge is 0.281 e. The number of phenols is 1. The van der Waals surface area contributed by atoms with E-state index in [1.807, 2.05) is 0 Å². The number of methoxy groups -OCH3 is 1. The topological polar surface area (TPSA) is 114 Å². The Morgan fingerprint density at radius 1 is 1.38 bits per heavy atom. The van der Waals surface area contributed by atoms with Crippen LogP contribution in [0.1, 0.15) is 20.8 Å². The largest absolute Gasteiger partial charge is 0.504 e. The summed E-state index contributed by atoms with van der Waals surface area (Å²) in [7, 11) is 1.45. The minimum Gasteiger partial charge on any atom is -0.504 e. The normalized spacial score (nSPS) is 10.9. The van der Waals surface area contributed by atoms with Crippen molar-refractivity contribution in [1.29, 1.82) is 0 Å².